The van der Waals surface area contributed by atoms with Crippen molar-refractivity contribution >= 4 is 0 Å². The van der Waals surface area contributed by atoms with Gasteiger partial charge >= 0.3 is 0 Å². The SMILES string of the molecule is CC(C)(C)ONC1CCCOC1. The maximum atomic E-state index is 5.44. The minimum Gasteiger partial charge on any atom is -0.380 e. The van der Waals surface area contributed by atoms with Crippen molar-refractivity contribution in [2.45, 2.75) is 45.3 Å². The average molecular weight is 173 g/mol. The summed E-state index contributed by atoms with van der Waals surface area (Å²) in [6.07, 6.45) is 2.28. The molecule has 3 nitrogen and oxygen atoms in total. The van der Waals surface area contributed by atoms with E-state index < -0.39 is 0 Å². The molecule has 1 fully saturated rings. The van der Waals surface area contributed by atoms with Crippen LogP contribution >= 0.6 is 0 Å². The molecule has 0 amide bonds. The van der Waals surface area contributed by atoms with Gasteiger partial charge in [-0.3, -0.25) is 4.84 Å². The molecule has 72 valence electrons. The van der Waals surface area contributed by atoms with E-state index in [-0.39, 0.29) is 5.60 Å². The van der Waals surface area contributed by atoms with Crippen LogP contribution in [0.5, 0.6) is 0 Å². The molecule has 1 aliphatic heterocycles. The first-order chi connectivity index (χ1) is 5.58. The van der Waals surface area contributed by atoms with Crippen LogP contribution in [0.4, 0.5) is 0 Å². The maximum Gasteiger partial charge on any atom is 0.0813 e. The highest BCUT2D eigenvalue weighted by Gasteiger charge is 2.17. The third-order valence-corrected chi connectivity index (χ3v) is 1.69. The van der Waals surface area contributed by atoms with Crippen molar-refractivity contribution < 1.29 is 9.57 Å². The number of nitrogens with one attached hydrogen (secondary N) is 1. The van der Waals surface area contributed by atoms with Gasteiger partial charge in [-0.2, -0.15) is 5.48 Å². The first-order valence-electron chi connectivity index (χ1n) is 4.59. The number of rotatable bonds is 2. The van der Waals surface area contributed by atoms with Crippen LogP contribution in [0.25, 0.3) is 0 Å². The molecule has 0 aliphatic carbocycles. The van der Waals surface area contributed by atoms with E-state index in [0.29, 0.717) is 6.04 Å². The van der Waals surface area contributed by atoms with Crippen LogP contribution in [0.1, 0.15) is 33.6 Å². The van der Waals surface area contributed by atoms with Gasteiger partial charge in [-0.15, -0.1) is 0 Å². The first kappa shape index (κ1) is 9.96. The average Bonchev–Trinajstić information content (AvgIpc) is 2.02. The minimum atomic E-state index is -0.114. The molecule has 0 bridgehead atoms. The normalized spacial score (nSPS) is 25.8. The van der Waals surface area contributed by atoms with Crippen LogP contribution in [0.3, 0.4) is 0 Å². The van der Waals surface area contributed by atoms with Crippen molar-refractivity contribution in [1.29, 1.82) is 0 Å². The molecular formula is C9H19NO2. The van der Waals surface area contributed by atoms with E-state index in [2.05, 4.69) is 5.48 Å². The lowest BCUT2D eigenvalue weighted by atomic mass is 10.1. The van der Waals surface area contributed by atoms with Crippen LogP contribution in [-0.2, 0) is 9.57 Å². The molecule has 3 heteroatoms. The summed E-state index contributed by atoms with van der Waals surface area (Å²) in [6.45, 7) is 7.76. The molecule has 0 aromatic carbocycles. The molecule has 0 aromatic heterocycles. The zero-order chi connectivity index (χ0) is 9.03. The fourth-order valence-corrected chi connectivity index (χ4v) is 1.09. The predicted octanol–water partition coefficient (Wildman–Crippen LogP) is 1.49. The van der Waals surface area contributed by atoms with Gasteiger partial charge < -0.3 is 4.74 Å². The van der Waals surface area contributed by atoms with Gasteiger partial charge in [0.05, 0.1) is 18.2 Å². The molecule has 1 unspecified atom stereocenters. The Balaban J connectivity index is 2.13. The van der Waals surface area contributed by atoms with E-state index in [1.807, 2.05) is 20.8 Å². The summed E-state index contributed by atoms with van der Waals surface area (Å²) in [5.74, 6) is 0. The summed E-state index contributed by atoms with van der Waals surface area (Å²) in [4.78, 5) is 5.44. The van der Waals surface area contributed by atoms with Gasteiger partial charge in [-0.25, -0.2) is 0 Å². The second-order valence-electron chi connectivity index (χ2n) is 4.25. The van der Waals surface area contributed by atoms with Crippen molar-refractivity contribution in [1.82, 2.24) is 5.48 Å². The molecule has 0 aromatic rings. The Morgan fingerprint density at radius 2 is 2.17 bits per heavy atom. The monoisotopic (exact) mass is 173 g/mol. The van der Waals surface area contributed by atoms with Crippen molar-refractivity contribution in [3.8, 4) is 0 Å². The smallest absolute Gasteiger partial charge is 0.0813 e. The molecule has 0 saturated carbocycles. The van der Waals surface area contributed by atoms with Gasteiger partial charge in [-0.1, -0.05) is 0 Å². The van der Waals surface area contributed by atoms with Gasteiger partial charge in [0.15, 0.2) is 0 Å². The largest absolute Gasteiger partial charge is 0.380 e. The molecule has 1 N–H and O–H groups in total. The Hall–Kier alpha value is -0.120. The molecule has 1 saturated heterocycles. The Bertz CT molecular complexity index is 125. The van der Waals surface area contributed by atoms with E-state index in [4.69, 9.17) is 9.57 Å². The summed E-state index contributed by atoms with van der Waals surface area (Å²) in [6, 6.07) is 0.373. The first-order valence-corrected chi connectivity index (χ1v) is 4.59. The molecule has 0 radical (unpaired) electrons. The lowest BCUT2D eigenvalue weighted by Gasteiger charge is -2.27. The number of ether oxygens (including phenoxy) is 1. The highest BCUT2D eigenvalue weighted by Crippen LogP contribution is 2.09. The highest BCUT2D eigenvalue weighted by atomic mass is 16.7. The van der Waals surface area contributed by atoms with Crippen LogP contribution in [-0.4, -0.2) is 24.9 Å². The van der Waals surface area contributed by atoms with E-state index in [1.165, 1.54) is 0 Å². The van der Waals surface area contributed by atoms with E-state index in [9.17, 15) is 0 Å². The summed E-state index contributed by atoms with van der Waals surface area (Å²) in [7, 11) is 0. The molecule has 1 rings (SSSR count). The maximum absolute atomic E-state index is 5.44. The van der Waals surface area contributed by atoms with E-state index >= 15 is 0 Å². The van der Waals surface area contributed by atoms with Crippen LogP contribution in [0, 0.1) is 0 Å². The lowest BCUT2D eigenvalue weighted by molar-refractivity contribution is -0.107. The molecule has 1 aliphatic rings. The third kappa shape index (κ3) is 4.04. The zero-order valence-corrected chi connectivity index (χ0v) is 8.22. The quantitative estimate of drug-likeness (QED) is 0.642. The van der Waals surface area contributed by atoms with Gasteiger partial charge in [0.1, 0.15) is 0 Å². The Morgan fingerprint density at radius 1 is 1.42 bits per heavy atom. The van der Waals surface area contributed by atoms with Crippen molar-refractivity contribution in [2.75, 3.05) is 13.2 Å². The van der Waals surface area contributed by atoms with Gasteiger partial charge in [0, 0.05) is 6.61 Å². The number of hydrogen-bond acceptors (Lipinski definition) is 3. The van der Waals surface area contributed by atoms with Crippen molar-refractivity contribution in [3.05, 3.63) is 0 Å². The highest BCUT2D eigenvalue weighted by molar-refractivity contribution is 4.67. The molecule has 1 heterocycles. The lowest BCUT2D eigenvalue weighted by Crippen LogP contribution is -2.41. The fraction of sp³-hybridized carbons (Fsp3) is 1.00. The van der Waals surface area contributed by atoms with Crippen molar-refractivity contribution in [3.63, 3.8) is 0 Å². The predicted molar refractivity (Wildman–Crippen MR) is 47.8 cm³/mol. The Morgan fingerprint density at radius 3 is 2.67 bits per heavy atom. The third-order valence-electron chi connectivity index (χ3n) is 1.69. The Kier molecular flexibility index (Phi) is 3.50. The second-order valence-corrected chi connectivity index (χ2v) is 4.25. The van der Waals surface area contributed by atoms with Gasteiger partial charge in [0.2, 0.25) is 0 Å². The zero-order valence-electron chi connectivity index (χ0n) is 8.22. The van der Waals surface area contributed by atoms with Gasteiger partial charge in [-0.05, 0) is 33.6 Å². The van der Waals surface area contributed by atoms with E-state index in [0.717, 1.165) is 26.1 Å². The van der Waals surface area contributed by atoms with Crippen LogP contribution in [0.15, 0.2) is 0 Å². The molecule has 12 heavy (non-hydrogen) atoms. The molecular weight excluding hydrogens is 154 g/mol. The minimum absolute atomic E-state index is 0.114. The summed E-state index contributed by atoms with van der Waals surface area (Å²) >= 11 is 0. The van der Waals surface area contributed by atoms with Crippen LogP contribution < -0.4 is 5.48 Å². The summed E-state index contributed by atoms with van der Waals surface area (Å²) < 4.78 is 5.30. The van der Waals surface area contributed by atoms with Crippen molar-refractivity contribution in [2.24, 2.45) is 0 Å². The summed E-state index contributed by atoms with van der Waals surface area (Å²) in [5.41, 5.74) is 2.92. The fourth-order valence-electron chi connectivity index (χ4n) is 1.09. The summed E-state index contributed by atoms with van der Waals surface area (Å²) in [5, 5.41) is 0. The van der Waals surface area contributed by atoms with Crippen LogP contribution in [0.2, 0.25) is 0 Å². The standard InChI is InChI=1S/C9H19NO2/c1-9(2,3)12-10-8-5-4-6-11-7-8/h8,10H,4-7H2,1-3H3. The van der Waals surface area contributed by atoms with Gasteiger partial charge in [0.25, 0.3) is 0 Å². The molecule has 1 atom stereocenters. The second kappa shape index (κ2) is 4.21. The Labute approximate surface area is 74.4 Å². The van der Waals surface area contributed by atoms with E-state index in [1.54, 1.807) is 0 Å². The molecule has 0 spiro atoms. The number of hydrogen-bond donors (Lipinski definition) is 1. The number of hydroxylamine groups is 1. The topological polar surface area (TPSA) is 30.5 Å².